The predicted molar refractivity (Wildman–Crippen MR) is 59.8 cm³/mol. The van der Waals surface area contributed by atoms with E-state index < -0.39 is 0 Å². The maximum Gasteiger partial charge on any atom is 0.0273 e. The Labute approximate surface area is 85.2 Å². The van der Waals surface area contributed by atoms with Crippen LogP contribution in [0.3, 0.4) is 0 Å². The minimum Gasteiger partial charge on any atom is -0.265 e. The van der Waals surface area contributed by atoms with Crippen molar-refractivity contribution in [2.45, 2.75) is 20.3 Å². The summed E-state index contributed by atoms with van der Waals surface area (Å²) < 4.78 is 0. The molecule has 0 spiro atoms. The summed E-state index contributed by atoms with van der Waals surface area (Å²) >= 11 is 0. The number of aromatic nitrogens is 1. The lowest BCUT2D eigenvalue weighted by Crippen LogP contribution is -1.95. The van der Waals surface area contributed by atoms with Crippen LogP contribution >= 0.6 is 0 Å². The highest BCUT2D eigenvalue weighted by molar-refractivity contribution is 5.81. The van der Waals surface area contributed by atoms with E-state index in [0.29, 0.717) is 5.92 Å². The van der Waals surface area contributed by atoms with Gasteiger partial charge in [-0.2, -0.15) is 0 Å². The topological polar surface area (TPSA) is 12.9 Å². The number of allylic oxidation sites excluding steroid dienone is 4. The minimum absolute atomic E-state index is 0.608. The highest BCUT2D eigenvalue weighted by Gasteiger charge is 2.14. The third-order valence-electron chi connectivity index (χ3n) is 2.58. The van der Waals surface area contributed by atoms with Gasteiger partial charge < -0.3 is 0 Å². The lowest BCUT2D eigenvalue weighted by Gasteiger charge is -2.11. The van der Waals surface area contributed by atoms with Gasteiger partial charge in [0.1, 0.15) is 0 Å². The predicted octanol–water partition coefficient (Wildman–Crippen LogP) is 3.45. The van der Waals surface area contributed by atoms with Crippen LogP contribution in [0.5, 0.6) is 0 Å². The zero-order valence-electron chi connectivity index (χ0n) is 8.70. The van der Waals surface area contributed by atoms with E-state index in [1.165, 1.54) is 16.7 Å². The smallest absolute Gasteiger partial charge is 0.0273 e. The second-order valence-electron chi connectivity index (χ2n) is 3.90. The molecule has 2 rings (SSSR count). The Hall–Kier alpha value is -1.37. The van der Waals surface area contributed by atoms with Crippen LogP contribution in [0.15, 0.2) is 42.3 Å². The minimum atomic E-state index is 0.608. The van der Waals surface area contributed by atoms with Crippen LogP contribution in [0.25, 0.3) is 5.57 Å². The van der Waals surface area contributed by atoms with Gasteiger partial charge in [-0.3, -0.25) is 4.98 Å². The summed E-state index contributed by atoms with van der Waals surface area (Å²) in [5.41, 5.74) is 4.15. The molecule has 0 amide bonds. The van der Waals surface area contributed by atoms with E-state index in [9.17, 15) is 0 Å². The van der Waals surface area contributed by atoms with Gasteiger partial charge in [0.25, 0.3) is 0 Å². The summed E-state index contributed by atoms with van der Waals surface area (Å²) in [6.07, 6.45) is 9.40. The van der Waals surface area contributed by atoms with Gasteiger partial charge in [-0.25, -0.2) is 0 Å². The maximum absolute atomic E-state index is 4.04. The monoisotopic (exact) mass is 185 g/mol. The van der Waals surface area contributed by atoms with Crippen LogP contribution < -0.4 is 0 Å². The number of nitrogens with zero attached hydrogens (tertiary/aromatic N) is 1. The Morgan fingerprint density at radius 2 is 1.86 bits per heavy atom. The van der Waals surface area contributed by atoms with Crippen molar-refractivity contribution in [1.82, 2.24) is 4.98 Å². The Morgan fingerprint density at radius 3 is 2.50 bits per heavy atom. The molecular formula is C13H15N. The van der Waals surface area contributed by atoms with E-state index >= 15 is 0 Å². The highest BCUT2D eigenvalue weighted by Crippen LogP contribution is 2.33. The summed E-state index contributed by atoms with van der Waals surface area (Å²) in [7, 11) is 0. The first-order chi connectivity index (χ1) is 6.79. The fraction of sp³-hybridized carbons (Fsp3) is 0.308. The van der Waals surface area contributed by atoms with Crippen LogP contribution in [-0.4, -0.2) is 4.98 Å². The lowest BCUT2D eigenvalue weighted by atomic mass is 9.93. The van der Waals surface area contributed by atoms with Gasteiger partial charge in [-0.1, -0.05) is 26.0 Å². The first kappa shape index (κ1) is 9.20. The van der Waals surface area contributed by atoms with Gasteiger partial charge in [-0.05, 0) is 41.2 Å². The molecule has 0 atom stereocenters. The van der Waals surface area contributed by atoms with E-state index in [2.05, 4.69) is 43.1 Å². The fourth-order valence-electron chi connectivity index (χ4n) is 1.89. The molecule has 1 aliphatic rings. The number of pyridine rings is 1. The Morgan fingerprint density at radius 1 is 1.14 bits per heavy atom. The van der Waals surface area contributed by atoms with Crippen molar-refractivity contribution in [1.29, 1.82) is 0 Å². The molecular weight excluding hydrogens is 170 g/mol. The van der Waals surface area contributed by atoms with Crippen molar-refractivity contribution < 1.29 is 0 Å². The van der Waals surface area contributed by atoms with Crippen molar-refractivity contribution in [3.8, 4) is 0 Å². The van der Waals surface area contributed by atoms with Crippen LogP contribution in [-0.2, 0) is 0 Å². The molecule has 0 saturated heterocycles. The summed E-state index contributed by atoms with van der Waals surface area (Å²) in [5, 5.41) is 0. The van der Waals surface area contributed by atoms with Crippen molar-refractivity contribution in [3.05, 3.63) is 47.8 Å². The second kappa shape index (κ2) is 3.79. The molecule has 0 aromatic carbocycles. The first-order valence-corrected chi connectivity index (χ1v) is 5.10. The number of hydrogen-bond acceptors (Lipinski definition) is 1. The highest BCUT2D eigenvalue weighted by atomic mass is 14.6. The average molecular weight is 185 g/mol. The summed E-state index contributed by atoms with van der Waals surface area (Å²) in [6.45, 7) is 4.48. The Balaban J connectivity index is 2.33. The van der Waals surface area contributed by atoms with Crippen molar-refractivity contribution >= 4 is 5.57 Å². The fourth-order valence-corrected chi connectivity index (χ4v) is 1.89. The third kappa shape index (κ3) is 1.63. The van der Waals surface area contributed by atoms with Gasteiger partial charge in [-0.15, -0.1) is 0 Å². The maximum atomic E-state index is 4.04. The van der Waals surface area contributed by atoms with Gasteiger partial charge in [0.15, 0.2) is 0 Å². The molecule has 0 radical (unpaired) electrons. The molecule has 1 aromatic heterocycles. The van der Waals surface area contributed by atoms with E-state index in [1.807, 2.05) is 12.4 Å². The molecule has 0 fully saturated rings. The van der Waals surface area contributed by atoms with Gasteiger partial charge in [0, 0.05) is 12.4 Å². The van der Waals surface area contributed by atoms with E-state index in [-0.39, 0.29) is 0 Å². The molecule has 0 N–H and O–H groups in total. The average Bonchev–Trinajstić information content (AvgIpc) is 2.67. The van der Waals surface area contributed by atoms with Gasteiger partial charge in [0.05, 0.1) is 0 Å². The largest absolute Gasteiger partial charge is 0.265 e. The SMILES string of the molecule is CC(C)C1=CCC=C1c1ccncc1. The van der Waals surface area contributed by atoms with E-state index in [4.69, 9.17) is 0 Å². The van der Waals surface area contributed by atoms with Crippen LogP contribution in [0.1, 0.15) is 25.8 Å². The molecule has 0 saturated carbocycles. The first-order valence-electron chi connectivity index (χ1n) is 5.10. The van der Waals surface area contributed by atoms with E-state index in [0.717, 1.165) is 6.42 Å². The molecule has 1 heteroatoms. The van der Waals surface area contributed by atoms with Crippen molar-refractivity contribution in [2.75, 3.05) is 0 Å². The summed E-state index contributed by atoms with van der Waals surface area (Å²) in [6, 6.07) is 4.15. The van der Waals surface area contributed by atoms with Gasteiger partial charge >= 0.3 is 0 Å². The quantitative estimate of drug-likeness (QED) is 0.687. The van der Waals surface area contributed by atoms with Crippen LogP contribution in [0.2, 0.25) is 0 Å². The second-order valence-corrected chi connectivity index (χ2v) is 3.90. The Kier molecular flexibility index (Phi) is 2.49. The molecule has 0 bridgehead atoms. The zero-order valence-corrected chi connectivity index (χ0v) is 8.70. The summed E-state index contributed by atoms with van der Waals surface area (Å²) in [5.74, 6) is 0.608. The molecule has 1 heterocycles. The number of hydrogen-bond donors (Lipinski definition) is 0. The molecule has 0 aliphatic heterocycles. The third-order valence-corrected chi connectivity index (χ3v) is 2.58. The number of rotatable bonds is 2. The molecule has 1 aliphatic carbocycles. The molecule has 0 unspecified atom stereocenters. The van der Waals surface area contributed by atoms with Crippen LogP contribution in [0, 0.1) is 5.92 Å². The van der Waals surface area contributed by atoms with Crippen molar-refractivity contribution in [3.63, 3.8) is 0 Å². The van der Waals surface area contributed by atoms with E-state index in [1.54, 1.807) is 0 Å². The summed E-state index contributed by atoms with van der Waals surface area (Å²) in [4.78, 5) is 4.04. The standard InChI is InChI=1S/C13H15N/c1-10(2)12-4-3-5-13(12)11-6-8-14-9-7-11/h4-10H,3H2,1-2H3. The zero-order chi connectivity index (χ0) is 9.97. The molecule has 1 aromatic rings. The lowest BCUT2D eigenvalue weighted by molar-refractivity contribution is 0.797. The van der Waals surface area contributed by atoms with Crippen molar-refractivity contribution in [2.24, 2.45) is 5.92 Å². The van der Waals surface area contributed by atoms with Gasteiger partial charge in [0.2, 0.25) is 0 Å². The molecule has 1 nitrogen and oxygen atoms in total. The molecule has 72 valence electrons. The Bertz CT molecular complexity index is 371. The molecule has 14 heavy (non-hydrogen) atoms. The normalized spacial score (nSPS) is 15.6. The van der Waals surface area contributed by atoms with Crippen LogP contribution in [0.4, 0.5) is 0 Å².